The van der Waals surface area contributed by atoms with Crippen molar-refractivity contribution in [3.05, 3.63) is 35.9 Å². The quantitative estimate of drug-likeness (QED) is 0.819. The van der Waals surface area contributed by atoms with E-state index in [9.17, 15) is 9.59 Å². The molecule has 2 amide bonds. The van der Waals surface area contributed by atoms with Gasteiger partial charge in [0, 0.05) is 25.6 Å². The number of hydrogen-bond acceptors (Lipinski definition) is 2. The van der Waals surface area contributed by atoms with Crippen molar-refractivity contribution in [2.45, 2.75) is 64.8 Å². The molecule has 0 aromatic heterocycles. The molecule has 1 heterocycles. The lowest BCUT2D eigenvalue weighted by Gasteiger charge is -2.34. The smallest absolute Gasteiger partial charge is 0.230 e. The summed E-state index contributed by atoms with van der Waals surface area (Å²) >= 11 is 0. The summed E-state index contributed by atoms with van der Waals surface area (Å²) in [4.78, 5) is 26.8. The summed E-state index contributed by atoms with van der Waals surface area (Å²) in [5.41, 5.74) is 1.10. The van der Waals surface area contributed by atoms with Crippen LogP contribution in [0, 0.1) is 5.92 Å². The molecule has 1 N–H and O–H groups in total. The Bertz CT molecular complexity index is 548. The lowest BCUT2D eigenvalue weighted by Crippen LogP contribution is -2.47. The average molecular weight is 344 g/mol. The molecule has 0 saturated carbocycles. The summed E-state index contributed by atoms with van der Waals surface area (Å²) < 4.78 is 0. The maximum absolute atomic E-state index is 12.9. The van der Waals surface area contributed by atoms with E-state index in [-0.39, 0.29) is 23.8 Å². The highest BCUT2D eigenvalue weighted by Crippen LogP contribution is 2.24. The first kappa shape index (κ1) is 19.5. The van der Waals surface area contributed by atoms with E-state index in [1.54, 1.807) is 0 Å². The average Bonchev–Trinajstić information content (AvgIpc) is 2.62. The molecule has 0 radical (unpaired) electrons. The van der Waals surface area contributed by atoms with E-state index >= 15 is 0 Å². The third-order valence-electron chi connectivity index (χ3n) is 5.03. The largest absolute Gasteiger partial charge is 0.353 e. The molecule has 1 aromatic rings. The number of likely N-dealkylation sites (tertiary alicyclic amines) is 1. The van der Waals surface area contributed by atoms with Gasteiger partial charge >= 0.3 is 0 Å². The number of rotatable bonds is 7. The van der Waals surface area contributed by atoms with Crippen LogP contribution in [0.3, 0.4) is 0 Å². The van der Waals surface area contributed by atoms with Crippen molar-refractivity contribution < 1.29 is 9.59 Å². The van der Waals surface area contributed by atoms with Crippen molar-refractivity contribution in [2.75, 3.05) is 13.1 Å². The van der Waals surface area contributed by atoms with Crippen molar-refractivity contribution in [3.8, 4) is 0 Å². The van der Waals surface area contributed by atoms with Gasteiger partial charge < -0.3 is 10.2 Å². The molecular formula is C21H32N2O2. The summed E-state index contributed by atoms with van der Waals surface area (Å²) in [5.74, 6) is 0.861. The fourth-order valence-corrected chi connectivity index (χ4v) is 3.42. The van der Waals surface area contributed by atoms with Crippen LogP contribution >= 0.6 is 0 Å². The first-order chi connectivity index (χ1) is 12.0. The molecule has 0 bridgehead atoms. The van der Waals surface area contributed by atoms with Crippen LogP contribution in [0.25, 0.3) is 0 Å². The van der Waals surface area contributed by atoms with Crippen LogP contribution in [0.1, 0.15) is 64.4 Å². The molecular weight excluding hydrogens is 312 g/mol. The van der Waals surface area contributed by atoms with Crippen molar-refractivity contribution in [2.24, 2.45) is 5.92 Å². The van der Waals surface area contributed by atoms with Gasteiger partial charge in [0.05, 0.1) is 5.92 Å². The molecule has 1 aromatic carbocycles. The Morgan fingerprint density at radius 1 is 1.16 bits per heavy atom. The van der Waals surface area contributed by atoms with E-state index in [2.05, 4.69) is 26.1 Å². The summed E-state index contributed by atoms with van der Waals surface area (Å²) in [5, 5.41) is 3.13. The van der Waals surface area contributed by atoms with Crippen LogP contribution in [0.4, 0.5) is 0 Å². The third kappa shape index (κ3) is 5.87. The molecule has 1 atom stereocenters. The van der Waals surface area contributed by atoms with Gasteiger partial charge in [0.25, 0.3) is 0 Å². The van der Waals surface area contributed by atoms with E-state index in [4.69, 9.17) is 0 Å². The third-order valence-corrected chi connectivity index (χ3v) is 5.03. The number of nitrogens with zero attached hydrogens (tertiary/aromatic N) is 1. The predicted octanol–water partition coefficient (Wildman–Crippen LogP) is 3.72. The molecule has 0 aliphatic carbocycles. The number of carbonyl (C=O) groups is 2. The summed E-state index contributed by atoms with van der Waals surface area (Å²) in [6.07, 6.45) is 4.05. The van der Waals surface area contributed by atoms with E-state index in [1.165, 1.54) is 0 Å². The summed E-state index contributed by atoms with van der Waals surface area (Å²) in [7, 11) is 0. The highest BCUT2D eigenvalue weighted by molar-refractivity contribution is 5.84. The molecule has 4 nitrogen and oxygen atoms in total. The molecule has 4 heteroatoms. The van der Waals surface area contributed by atoms with Gasteiger partial charge in [-0.1, -0.05) is 51.1 Å². The second-order valence-electron chi connectivity index (χ2n) is 7.47. The lowest BCUT2D eigenvalue weighted by molar-refractivity contribution is -0.134. The molecule has 1 aliphatic rings. The van der Waals surface area contributed by atoms with Gasteiger partial charge in [-0.2, -0.15) is 0 Å². The van der Waals surface area contributed by atoms with Gasteiger partial charge in [-0.05, 0) is 37.2 Å². The van der Waals surface area contributed by atoms with Gasteiger partial charge in [0.2, 0.25) is 11.8 Å². The van der Waals surface area contributed by atoms with Crippen molar-refractivity contribution in [1.82, 2.24) is 10.2 Å². The standard InChI is InChI=1S/C21H32N2O2/c1-4-19(17-8-6-5-7-9-17)21(25)23-14-12-18(13-15-23)22-20(24)11-10-16(2)3/h5-9,16,18-19H,4,10-15H2,1-3H3,(H,22,24)/t19-/m0/s1. The lowest BCUT2D eigenvalue weighted by atomic mass is 9.93. The molecule has 1 saturated heterocycles. The van der Waals surface area contributed by atoms with Crippen LogP contribution in [-0.2, 0) is 9.59 Å². The van der Waals surface area contributed by atoms with Gasteiger partial charge in [-0.25, -0.2) is 0 Å². The second-order valence-corrected chi connectivity index (χ2v) is 7.47. The molecule has 1 aliphatic heterocycles. The monoisotopic (exact) mass is 344 g/mol. The van der Waals surface area contributed by atoms with Crippen LogP contribution in [0.5, 0.6) is 0 Å². The molecule has 2 rings (SSSR count). The van der Waals surface area contributed by atoms with E-state index in [1.807, 2.05) is 35.2 Å². The highest BCUT2D eigenvalue weighted by Gasteiger charge is 2.28. The fraction of sp³-hybridized carbons (Fsp3) is 0.619. The normalized spacial score (nSPS) is 16.7. The SMILES string of the molecule is CC[C@H](C(=O)N1CCC(NC(=O)CCC(C)C)CC1)c1ccccc1. The Balaban J connectivity index is 1.82. The number of hydrogen-bond donors (Lipinski definition) is 1. The zero-order valence-corrected chi connectivity index (χ0v) is 15.8. The topological polar surface area (TPSA) is 49.4 Å². The van der Waals surface area contributed by atoms with Gasteiger partial charge in [0.1, 0.15) is 0 Å². The predicted molar refractivity (Wildman–Crippen MR) is 101 cm³/mol. The number of nitrogens with one attached hydrogen (secondary N) is 1. The molecule has 1 fully saturated rings. The Kier molecular flexibility index (Phi) is 7.48. The maximum atomic E-state index is 12.9. The Morgan fingerprint density at radius 3 is 2.36 bits per heavy atom. The van der Waals surface area contributed by atoms with Crippen LogP contribution in [0.15, 0.2) is 30.3 Å². The van der Waals surface area contributed by atoms with Crippen LogP contribution in [-0.4, -0.2) is 35.8 Å². The maximum Gasteiger partial charge on any atom is 0.230 e. The first-order valence-electron chi connectivity index (χ1n) is 9.64. The van der Waals surface area contributed by atoms with Gasteiger partial charge in [0.15, 0.2) is 0 Å². The molecule has 0 unspecified atom stereocenters. The van der Waals surface area contributed by atoms with E-state index < -0.39 is 0 Å². The Labute approximate surface area is 152 Å². The molecule has 0 spiro atoms. The number of carbonyl (C=O) groups excluding carboxylic acids is 2. The van der Waals surface area contributed by atoms with Gasteiger partial charge in [-0.15, -0.1) is 0 Å². The zero-order chi connectivity index (χ0) is 18.2. The second kappa shape index (κ2) is 9.59. The molecule has 25 heavy (non-hydrogen) atoms. The highest BCUT2D eigenvalue weighted by atomic mass is 16.2. The van der Waals surface area contributed by atoms with Crippen molar-refractivity contribution in [3.63, 3.8) is 0 Å². The van der Waals surface area contributed by atoms with Crippen LogP contribution < -0.4 is 5.32 Å². The van der Waals surface area contributed by atoms with Crippen molar-refractivity contribution >= 4 is 11.8 Å². The Hall–Kier alpha value is -1.84. The summed E-state index contributed by atoms with van der Waals surface area (Å²) in [6, 6.07) is 10.2. The minimum atomic E-state index is -0.0571. The van der Waals surface area contributed by atoms with E-state index in [0.29, 0.717) is 12.3 Å². The Morgan fingerprint density at radius 2 is 1.80 bits per heavy atom. The van der Waals surface area contributed by atoms with Crippen LogP contribution in [0.2, 0.25) is 0 Å². The van der Waals surface area contributed by atoms with Crippen molar-refractivity contribution in [1.29, 1.82) is 0 Å². The number of amides is 2. The minimum absolute atomic E-state index is 0.0571. The van der Waals surface area contributed by atoms with Gasteiger partial charge in [-0.3, -0.25) is 9.59 Å². The summed E-state index contributed by atoms with van der Waals surface area (Å²) in [6.45, 7) is 7.80. The number of benzene rings is 1. The zero-order valence-electron chi connectivity index (χ0n) is 15.8. The fourth-order valence-electron chi connectivity index (χ4n) is 3.42. The molecule has 138 valence electrons. The van der Waals surface area contributed by atoms with E-state index in [0.717, 1.165) is 44.3 Å². The first-order valence-corrected chi connectivity index (χ1v) is 9.64. The number of piperidine rings is 1. The minimum Gasteiger partial charge on any atom is -0.353 e.